The van der Waals surface area contributed by atoms with Crippen LogP contribution in [0, 0.1) is 0 Å². The van der Waals surface area contributed by atoms with E-state index in [1.54, 1.807) is 12.1 Å². The summed E-state index contributed by atoms with van der Waals surface area (Å²) in [6.07, 6.45) is 0. The fourth-order valence-electron chi connectivity index (χ4n) is 0.718. The van der Waals surface area contributed by atoms with Crippen LogP contribution in [0.15, 0.2) is 30.3 Å². The summed E-state index contributed by atoms with van der Waals surface area (Å²) in [5.41, 5.74) is 0. The van der Waals surface area contributed by atoms with Gasteiger partial charge in [0.1, 0.15) is 5.75 Å². The number of rotatable bonds is 3. The van der Waals surface area contributed by atoms with Gasteiger partial charge in [-0.3, -0.25) is 0 Å². The standard InChI is InChI=1S/C9H10O3/c1-11-9(10)7-12-8-5-3-2-4-6-8/h2-6H,7H2,1H3. The first-order chi connectivity index (χ1) is 5.83. The molecule has 0 fully saturated rings. The summed E-state index contributed by atoms with van der Waals surface area (Å²) in [4.78, 5) is 10.6. The summed E-state index contributed by atoms with van der Waals surface area (Å²) in [5, 5.41) is 0. The lowest BCUT2D eigenvalue weighted by Gasteiger charge is -2.02. The first-order valence-electron chi connectivity index (χ1n) is 3.57. The number of benzene rings is 1. The Labute approximate surface area is 70.9 Å². The number of methoxy groups -OCH3 is 1. The lowest BCUT2D eigenvalue weighted by atomic mass is 10.3. The molecule has 0 spiro atoms. The fourth-order valence-corrected chi connectivity index (χ4v) is 0.718. The lowest BCUT2D eigenvalue weighted by Crippen LogP contribution is -2.12. The highest BCUT2D eigenvalue weighted by atomic mass is 16.6. The van der Waals surface area contributed by atoms with Crippen molar-refractivity contribution in [1.82, 2.24) is 0 Å². The Kier molecular flexibility index (Phi) is 3.14. The van der Waals surface area contributed by atoms with Crippen LogP contribution in [0.5, 0.6) is 5.75 Å². The largest absolute Gasteiger partial charge is 0.482 e. The van der Waals surface area contributed by atoms with Gasteiger partial charge in [0.05, 0.1) is 7.11 Å². The van der Waals surface area contributed by atoms with Crippen molar-refractivity contribution in [2.75, 3.05) is 13.7 Å². The Morgan fingerprint density at radius 1 is 1.33 bits per heavy atom. The smallest absolute Gasteiger partial charge is 0.343 e. The normalized spacial score (nSPS) is 9.08. The molecular formula is C9H10O3. The highest BCUT2D eigenvalue weighted by Gasteiger charge is 1.99. The minimum absolute atomic E-state index is 0.0412. The molecule has 0 N–H and O–H groups in total. The number of para-hydroxylation sites is 1. The molecule has 0 aromatic heterocycles. The number of hydrogen-bond acceptors (Lipinski definition) is 3. The van der Waals surface area contributed by atoms with Crippen molar-refractivity contribution in [2.45, 2.75) is 0 Å². The molecule has 0 aliphatic carbocycles. The van der Waals surface area contributed by atoms with Gasteiger partial charge in [0.2, 0.25) is 0 Å². The van der Waals surface area contributed by atoms with Crippen molar-refractivity contribution >= 4 is 5.97 Å². The van der Waals surface area contributed by atoms with Crippen LogP contribution >= 0.6 is 0 Å². The van der Waals surface area contributed by atoms with Gasteiger partial charge in [-0.05, 0) is 12.1 Å². The molecule has 0 saturated heterocycles. The van der Waals surface area contributed by atoms with Crippen LogP contribution in [0.4, 0.5) is 0 Å². The van der Waals surface area contributed by atoms with Crippen LogP contribution < -0.4 is 4.74 Å². The summed E-state index contributed by atoms with van der Waals surface area (Å²) < 4.78 is 9.49. The van der Waals surface area contributed by atoms with Gasteiger partial charge >= 0.3 is 5.97 Å². The van der Waals surface area contributed by atoms with Gasteiger partial charge in [-0.15, -0.1) is 0 Å². The Morgan fingerprint density at radius 3 is 2.58 bits per heavy atom. The molecule has 0 heterocycles. The number of carbonyl (C=O) groups is 1. The number of carbonyl (C=O) groups excluding carboxylic acids is 1. The summed E-state index contributed by atoms with van der Waals surface area (Å²) >= 11 is 0. The number of hydrogen-bond donors (Lipinski definition) is 0. The quantitative estimate of drug-likeness (QED) is 0.634. The Balaban J connectivity index is 2.38. The molecule has 1 aromatic carbocycles. The zero-order chi connectivity index (χ0) is 8.81. The van der Waals surface area contributed by atoms with Gasteiger partial charge in [-0.25, -0.2) is 4.79 Å². The van der Waals surface area contributed by atoms with Crippen LogP contribution in [0.2, 0.25) is 0 Å². The van der Waals surface area contributed by atoms with Crippen molar-refractivity contribution in [1.29, 1.82) is 0 Å². The topological polar surface area (TPSA) is 35.5 Å². The van der Waals surface area contributed by atoms with Crippen LogP contribution in [0.1, 0.15) is 0 Å². The molecule has 0 bridgehead atoms. The van der Waals surface area contributed by atoms with Gasteiger partial charge in [0.15, 0.2) is 6.61 Å². The maximum Gasteiger partial charge on any atom is 0.343 e. The molecule has 0 aliphatic heterocycles. The minimum atomic E-state index is -0.376. The molecule has 12 heavy (non-hydrogen) atoms. The molecule has 1 rings (SSSR count). The highest BCUT2D eigenvalue weighted by molar-refractivity contribution is 5.70. The second kappa shape index (κ2) is 4.38. The van der Waals surface area contributed by atoms with Crippen LogP contribution in [-0.2, 0) is 9.53 Å². The molecule has 3 nitrogen and oxygen atoms in total. The second-order valence-corrected chi connectivity index (χ2v) is 2.18. The van der Waals surface area contributed by atoms with Crippen LogP contribution in [0.3, 0.4) is 0 Å². The van der Waals surface area contributed by atoms with E-state index < -0.39 is 0 Å². The third kappa shape index (κ3) is 2.62. The van der Waals surface area contributed by atoms with E-state index in [4.69, 9.17) is 4.74 Å². The van der Waals surface area contributed by atoms with Crippen molar-refractivity contribution < 1.29 is 14.3 Å². The zero-order valence-corrected chi connectivity index (χ0v) is 6.82. The number of ether oxygens (including phenoxy) is 2. The van der Waals surface area contributed by atoms with Crippen LogP contribution in [0.25, 0.3) is 0 Å². The van der Waals surface area contributed by atoms with Crippen LogP contribution in [-0.4, -0.2) is 19.7 Å². The molecule has 0 radical (unpaired) electrons. The van der Waals surface area contributed by atoms with Crippen molar-refractivity contribution in [3.05, 3.63) is 30.3 Å². The van der Waals surface area contributed by atoms with E-state index in [1.807, 2.05) is 18.2 Å². The molecule has 0 saturated carbocycles. The predicted octanol–water partition coefficient (Wildman–Crippen LogP) is 1.24. The fraction of sp³-hybridized carbons (Fsp3) is 0.222. The average Bonchev–Trinajstić information content (AvgIpc) is 2.16. The minimum Gasteiger partial charge on any atom is -0.482 e. The van der Waals surface area contributed by atoms with Gasteiger partial charge < -0.3 is 9.47 Å². The van der Waals surface area contributed by atoms with E-state index in [0.717, 1.165) is 0 Å². The third-order valence-corrected chi connectivity index (χ3v) is 1.33. The van der Waals surface area contributed by atoms with Crippen molar-refractivity contribution in [3.8, 4) is 5.75 Å². The van der Waals surface area contributed by atoms with Crippen molar-refractivity contribution in [3.63, 3.8) is 0 Å². The summed E-state index contributed by atoms with van der Waals surface area (Å²) in [7, 11) is 1.33. The van der Waals surface area contributed by atoms with Crippen molar-refractivity contribution in [2.24, 2.45) is 0 Å². The Hall–Kier alpha value is -1.51. The molecule has 0 amide bonds. The van der Waals surface area contributed by atoms with Gasteiger partial charge in [-0.2, -0.15) is 0 Å². The summed E-state index contributed by atoms with van der Waals surface area (Å²) in [6, 6.07) is 9.12. The molecule has 3 heteroatoms. The maximum absolute atomic E-state index is 10.6. The monoisotopic (exact) mass is 166 g/mol. The molecule has 0 unspecified atom stereocenters. The number of esters is 1. The van der Waals surface area contributed by atoms with E-state index in [9.17, 15) is 4.79 Å². The third-order valence-electron chi connectivity index (χ3n) is 1.33. The molecule has 64 valence electrons. The first kappa shape index (κ1) is 8.59. The van der Waals surface area contributed by atoms with E-state index in [0.29, 0.717) is 5.75 Å². The molecule has 0 aliphatic rings. The van der Waals surface area contributed by atoms with E-state index in [1.165, 1.54) is 7.11 Å². The first-order valence-corrected chi connectivity index (χ1v) is 3.57. The lowest BCUT2D eigenvalue weighted by molar-refractivity contribution is -0.142. The van der Waals surface area contributed by atoms with Gasteiger partial charge in [0.25, 0.3) is 0 Å². The predicted molar refractivity (Wildman–Crippen MR) is 44.0 cm³/mol. The molecule has 0 atom stereocenters. The second-order valence-electron chi connectivity index (χ2n) is 2.18. The molecular weight excluding hydrogens is 156 g/mol. The highest BCUT2D eigenvalue weighted by Crippen LogP contribution is 2.07. The summed E-state index contributed by atoms with van der Waals surface area (Å²) in [6.45, 7) is -0.0412. The van der Waals surface area contributed by atoms with E-state index in [-0.39, 0.29) is 12.6 Å². The Bertz CT molecular complexity index is 243. The van der Waals surface area contributed by atoms with Gasteiger partial charge in [-0.1, -0.05) is 18.2 Å². The SMILES string of the molecule is COC(=O)COc1ccccc1. The van der Waals surface area contributed by atoms with E-state index in [2.05, 4.69) is 4.74 Å². The molecule has 1 aromatic rings. The average molecular weight is 166 g/mol. The van der Waals surface area contributed by atoms with E-state index >= 15 is 0 Å². The van der Waals surface area contributed by atoms with Gasteiger partial charge in [0, 0.05) is 0 Å². The summed E-state index contributed by atoms with van der Waals surface area (Å²) in [5.74, 6) is 0.293. The zero-order valence-electron chi connectivity index (χ0n) is 6.82. The maximum atomic E-state index is 10.6. The Morgan fingerprint density at radius 2 is 2.00 bits per heavy atom.